The summed E-state index contributed by atoms with van der Waals surface area (Å²) < 4.78 is 15.8. The highest BCUT2D eigenvalue weighted by Gasteiger charge is 2.35. The van der Waals surface area contributed by atoms with Crippen LogP contribution in [-0.4, -0.2) is 32.5 Å². The van der Waals surface area contributed by atoms with Crippen LogP contribution in [0.1, 0.15) is 17.2 Å². The fourth-order valence-electron chi connectivity index (χ4n) is 2.30. The van der Waals surface area contributed by atoms with Crippen molar-refractivity contribution >= 4 is 0 Å². The third-order valence-electron chi connectivity index (χ3n) is 3.14. The summed E-state index contributed by atoms with van der Waals surface area (Å²) in [4.78, 5) is 0. The highest BCUT2D eigenvalue weighted by molar-refractivity contribution is 5.60. The molecule has 1 aliphatic rings. The number of aliphatic hydroxyl groups is 1. The Bertz CT molecular complexity index is 433. The van der Waals surface area contributed by atoms with Crippen molar-refractivity contribution in [3.05, 3.63) is 17.2 Å². The van der Waals surface area contributed by atoms with Gasteiger partial charge in [-0.2, -0.15) is 0 Å². The predicted molar refractivity (Wildman–Crippen MR) is 62.7 cm³/mol. The van der Waals surface area contributed by atoms with Crippen molar-refractivity contribution in [2.45, 2.75) is 18.6 Å². The van der Waals surface area contributed by atoms with Gasteiger partial charge in [0.1, 0.15) is 5.75 Å². The van der Waals surface area contributed by atoms with E-state index < -0.39 is 6.10 Å². The highest BCUT2D eigenvalue weighted by Crippen LogP contribution is 2.47. The first kappa shape index (κ1) is 12.0. The van der Waals surface area contributed by atoms with Crippen LogP contribution < -0.4 is 19.9 Å². The van der Waals surface area contributed by atoms with Crippen LogP contribution in [0.15, 0.2) is 6.07 Å². The third-order valence-corrected chi connectivity index (χ3v) is 3.14. The minimum Gasteiger partial charge on any atom is -0.496 e. The van der Waals surface area contributed by atoms with E-state index in [1.807, 2.05) is 0 Å². The highest BCUT2D eigenvalue weighted by atomic mass is 16.5. The van der Waals surface area contributed by atoms with Gasteiger partial charge in [-0.05, 0) is 6.42 Å². The van der Waals surface area contributed by atoms with E-state index in [-0.39, 0.29) is 6.04 Å². The monoisotopic (exact) mass is 239 g/mol. The first-order valence-corrected chi connectivity index (χ1v) is 5.39. The summed E-state index contributed by atoms with van der Waals surface area (Å²) in [5.41, 5.74) is 7.44. The number of aliphatic hydroxyl groups excluding tert-OH is 1. The Labute approximate surface area is 100 Å². The van der Waals surface area contributed by atoms with Crippen molar-refractivity contribution in [1.82, 2.24) is 0 Å². The fraction of sp³-hybridized carbons (Fsp3) is 0.500. The Hall–Kier alpha value is -1.46. The first-order valence-electron chi connectivity index (χ1n) is 5.39. The van der Waals surface area contributed by atoms with E-state index in [0.29, 0.717) is 29.2 Å². The molecule has 3 N–H and O–H groups in total. The average Bonchev–Trinajstić information content (AvgIpc) is 2.64. The molecular weight excluding hydrogens is 222 g/mol. The largest absolute Gasteiger partial charge is 0.496 e. The molecule has 0 spiro atoms. The van der Waals surface area contributed by atoms with Gasteiger partial charge in [0.05, 0.1) is 27.4 Å². The molecule has 5 heteroatoms. The van der Waals surface area contributed by atoms with E-state index in [0.717, 1.165) is 5.56 Å². The number of hydrogen-bond donors (Lipinski definition) is 2. The molecule has 2 unspecified atom stereocenters. The van der Waals surface area contributed by atoms with Gasteiger partial charge in [0.2, 0.25) is 0 Å². The average molecular weight is 239 g/mol. The van der Waals surface area contributed by atoms with E-state index in [2.05, 4.69) is 0 Å². The van der Waals surface area contributed by atoms with Gasteiger partial charge in [0.15, 0.2) is 11.5 Å². The minimum absolute atomic E-state index is 0.333. The molecule has 5 nitrogen and oxygen atoms in total. The van der Waals surface area contributed by atoms with Crippen molar-refractivity contribution in [3.8, 4) is 17.2 Å². The molecule has 1 aromatic rings. The van der Waals surface area contributed by atoms with Crippen LogP contribution in [-0.2, 0) is 6.42 Å². The summed E-state index contributed by atoms with van der Waals surface area (Å²) >= 11 is 0. The predicted octanol–water partition coefficient (Wildman–Crippen LogP) is 0.629. The summed E-state index contributed by atoms with van der Waals surface area (Å²) in [6.45, 7) is 0. The Morgan fingerprint density at radius 3 is 2.35 bits per heavy atom. The molecule has 1 aromatic carbocycles. The minimum atomic E-state index is -0.746. The summed E-state index contributed by atoms with van der Waals surface area (Å²) in [5, 5.41) is 10.1. The van der Waals surface area contributed by atoms with Crippen LogP contribution in [0.25, 0.3) is 0 Å². The number of fused-ring (bicyclic) bond motifs is 1. The molecule has 0 heterocycles. The molecule has 0 aromatic heterocycles. The second kappa shape index (κ2) is 4.43. The number of nitrogens with two attached hydrogens (primary N) is 1. The Kier molecular flexibility index (Phi) is 3.13. The van der Waals surface area contributed by atoms with Gasteiger partial charge >= 0.3 is 0 Å². The summed E-state index contributed by atoms with van der Waals surface area (Å²) in [6.07, 6.45) is -0.177. The molecule has 0 aliphatic heterocycles. The van der Waals surface area contributed by atoms with E-state index in [4.69, 9.17) is 19.9 Å². The molecule has 0 saturated carbocycles. The van der Waals surface area contributed by atoms with Gasteiger partial charge < -0.3 is 25.1 Å². The maximum absolute atomic E-state index is 10.1. The lowest BCUT2D eigenvalue weighted by molar-refractivity contribution is 0.155. The zero-order valence-corrected chi connectivity index (χ0v) is 10.2. The molecule has 0 radical (unpaired) electrons. The zero-order valence-electron chi connectivity index (χ0n) is 10.2. The zero-order chi connectivity index (χ0) is 12.6. The van der Waals surface area contributed by atoms with Gasteiger partial charge in [0, 0.05) is 23.2 Å². The SMILES string of the molecule is COc1cc(OC)c(OC)c2c1CC(N)C2O. The topological polar surface area (TPSA) is 73.9 Å². The van der Waals surface area contributed by atoms with Crippen molar-refractivity contribution in [3.63, 3.8) is 0 Å². The fourth-order valence-corrected chi connectivity index (χ4v) is 2.30. The van der Waals surface area contributed by atoms with Gasteiger partial charge in [-0.25, -0.2) is 0 Å². The number of methoxy groups -OCH3 is 3. The molecular formula is C12H17NO4. The quantitative estimate of drug-likeness (QED) is 0.809. The Morgan fingerprint density at radius 2 is 1.82 bits per heavy atom. The van der Waals surface area contributed by atoms with Crippen molar-refractivity contribution in [2.24, 2.45) is 5.73 Å². The summed E-state index contributed by atoms with van der Waals surface area (Å²) in [7, 11) is 4.67. The normalized spacial score (nSPS) is 22.2. The van der Waals surface area contributed by atoms with Crippen LogP contribution in [0.2, 0.25) is 0 Å². The molecule has 0 bridgehead atoms. The molecule has 17 heavy (non-hydrogen) atoms. The molecule has 0 saturated heterocycles. The number of hydrogen-bond acceptors (Lipinski definition) is 5. The van der Waals surface area contributed by atoms with Crippen LogP contribution >= 0.6 is 0 Å². The van der Waals surface area contributed by atoms with Crippen LogP contribution in [0, 0.1) is 0 Å². The number of benzene rings is 1. The van der Waals surface area contributed by atoms with Crippen LogP contribution in [0.4, 0.5) is 0 Å². The van der Waals surface area contributed by atoms with Gasteiger partial charge in [-0.3, -0.25) is 0 Å². The molecule has 2 rings (SSSR count). The van der Waals surface area contributed by atoms with Crippen LogP contribution in [0.5, 0.6) is 17.2 Å². The maximum Gasteiger partial charge on any atom is 0.167 e. The number of rotatable bonds is 3. The van der Waals surface area contributed by atoms with Gasteiger partial charge in [-0.15, -0.1) is 0 Å². The second-order valence-corrected chi connectivity index (χ2v) is 4.02. The van der Waals surface area contributed by atoms with Crippen molar-refractivity contribution < 1.29 is 19.3 Å². The van der Waals surface area contributed by atoms with Gasteiger partial charge in [0.25, 0.3) is 0 Å². The second-order valence-electron chi connectivity index (χ2n) is 4.02. The lowest BCUT2D eigenvalue weighted by atomic mass is 10.1. The van der Waals surface area contributed by atoms with E-state index in [1.54, 1.807) is 27.4 Å². The first-order chi connectivity index (χ1) is 8.13. The molecule has 2 atom stereocenters. The molecule has 1 aliphatic carbocycles. The van der Waals surface area contributed by atoms with Gasteiger partial charge in [-0.1, -0.05) is 0 Å². The molecule has 0 fully saturated rings. The molecule has 0 amide bonds. The summed E-state index contributed by atoms with van der Waals surface area (Å²) in [5.74, 6) is 1.74. The summed E-state index contributed by atoms with van der Waals surface area (Å²) in [6, 6.07) is 1.42. The van der Waals surface area contributed by atoms with E-state index >= 15 is 0 Å². The Balaban J connectivity index is 2.66. The molecule has 94 valence electrons. The lowest BCUT2D eigenvalue weighted by Crippen LogP contribution is -2.24. The van der Waals surface area contributed by atoms with E-state index in [1.165, 1.54) is 0 Å². The van der Waals surface area contributed by atoms with Crippen molar-refractivity contribution in [2.75, 3.05) is 21.3 Å². The lowest BCUT2D eigenvalue weighted by Gasteiger charge is -2.17. The smallest absolute Gasteiger partial charge is 0.167 e. The van der Waals surface area contributed by atoms with E-state index in [9.17, 15) is 5.11 Å². The standard InChI is InChI=1S/C12H17NO4/c1-15-8-5-9(16-2)12(17-3)10-6(8)4-7(13)11(10)14/h5,7,11,14H,4,13H2,1-3H3. The van der Waals surface area contributed by atoms with Crippen LogP contribution in [0.3, 0.4) is 0 Å². The maximum atomic E-state index is 10.1. The number of ether oxygens (including phenoxy) is 3. The third kappa shape index (κ3) is 1.71. The van der Waals surface area contributed by atoms with Crippen molar-refractivity contribution in [1.29, 1.82) is 0 Å². The Morgan fingerprint density at radius 1 is 1.18 bits per heavy atom.